The fourth-order valence-corrected chi connectivity index (χ4v) is 3.00. The largest absolute Gasteiger partial charge is 0.343 e. The van der Waals surface area contributed by atoms with Crippen molar-refractivity contribution in [2.45, 2.75) is 6.54 Å². The van der Waals surface area contributed by atoms with E-state index < -0.39 is 0 Å². The summed E-state index contributed by atoms with van der Waals surface area (Å²) in [6.07, 6.45) is 6.69. The summed E-state index contributed by atoms with van der Waals surface area (Å²) in [6.45, 7) is 0.594. The molecule has 1 amide bonds. The normalized spacial score (nSPS) is 11.2. The van der Waals surface area contributed by atoms with Gasteiger partial charge in [-0.1, -0.05) is 18.2 Å². The number of rotatable bonds is 5. The van der Waals surface area contributed by atoms with Gasteiger partial charge in [0.05, 0.1) is 6.21 Å². The predicted molar refractivity (Wildman–Crippen MR) is 107 cm³/mol. The molecule has 0 aliphatic carbocycles. The summed E-state index contributed by atoms with van der Waals surface area (Å²) in [5, 5.41) is 5.06. The molecule has 4 aromatic rings. The molecule has 5 nitrogen and oxygen atoms in total. The first-order valence-electron chi connectivity index (χ1n) is 8.76. The number of hydrogen-bond acceptors (Lipinski definition) is 3. The molecule has 0 radical (unpaired) electrons. The maximum Gasteiger partial charge on any atom is 0.271 e. The number of carbonyl (C=O) groups is 1. The molecule has 2 aromatic carbocycles. The van der Waals surface area contributed by atoms with E-state index in [0.29, 0.717) is 12.1 Å². The van der Waals surface area contributed by atoms with Crippen molar-refractivity contribution in [3.8, 4) is 0 Å². The summed E-state index contributed by atoms with van der Waals surface area (Å²) in [6, 6.07) is 17.7. The summed E-state index contributed by atoms with van der Waals surface area (Å²) in [7, 11) is 0. The van der Waals surface area contributed by atoms with Crippen molar-refractivity contribution < 1.29 is 9.18 Å². The number of amides is 1. The lowest BCUT2D eigenvalue weighted by atomic mass is 10.1. The summed E-state index contributed by atoms with van der Waals surface area (Å²) in [4.78, 5) is 15.8. The lowest BCUT2D eigenvalue weighted by Gasteiger charge is -2.06. The first-order valence-corrected chi connectivity index (χ1v) is 8.76. The van der Waals surface area contributed by atoms with Crippen LogP contribution in [-0.4, -0.2) is 21.7 Å². The SMILES string of the molecule is O=C(N/N=C/c1ccc2c(ccn2Cc2cccc(F)c2)c1)c1ccncc1. The highest BCUT2D eigenvalue weighted by Crippen LogP contribution is 2.19. The van der Waals surface area contributed by atoms with Gasteiger partial charge in [0.2, 0.25) is 0 Å². The van der Waals surface area contributed by atoms with Crippen LogP contribution in [0.5, 0.6) is 0 Å². The fraction of sp³-hybridized carbons (Fsp3) is 0.0455. The number of aromatic nitrogens is 2. The molecule has 2 heterocycles. The van der Waals surface area contributed by atoms with Gasteiger partial charge in [0.15, 0.2) is 0 Å². The third kappa shape index (κ3) is 3.96. The van der Waals surface area contributed by atoms with Gasteiger partial charge in [0, 0.05) is 41.6 Å². The zero-order chi connectivity index (χ0) is 19.3. The van der Waals surface area contributed by atoms with Gasteiger partial charge in [0.1, 0.15) is 5.82 Å². The van der Waals surface area contributed by atoms with Crippen molar-refractivity contribution in [1.29, 1.82) is 0 Å². The van der Waals surface area contributed by atoms with Gasteiger partial charge in [-0.3, -0.25) is 9.78 Å². The minimum Gasteiger partial charge on any atom is -0.343 e. The van der Waals surface area contributed by atoms with Gasteiger partial charge in [-0.15, -0.1) is 0 Å². The van der Waals surface area contributed by atoms with Crippen molar-refractivity contribution in [3.63, 3.8) is 0 Å². The molecule has 138 valence electrons. The Morgan fingerprint density at radius 1 is 1.11 bits per heavy atom. The molecule has 0 saturated heterocycles. The van der Waals surface area contributed by atoms with Crippen LogP contribution >= 0.6 is 0 Å². The fourth-order valence-electron chi connectivity index (χ4n) is 3.00. The highest BCUT2D eigenvalue weighted by atomic mass is 19.1. The Bertz CT molecular complexity index is 1150. The van der Waals surface area contributed by atoms with Crippen LogP contribution in [0.3, 0.4) is 0 Å². The number of benzene rings is 2. The summed E-state index contributed by atoms with van der Waals surface area (Å²) in [5.74, 6) is -0.526. The van der Waals surface area contributed by atoms with Crippen LogP contribution in [0.15, 0.2) is 84.4 Å². The van der Waals surface area contributed by atoms with Gasteiger partial charge in [-0.2, -0.15) is 5.10 Å². The van der Waals surface area contributed by atoms with E-state index >= 15 is 0 Å². The molecule has 0 fully saturated rings. The van der Waals surface area contributed by atoms with E-state index in [1.54, 1.807) is 42.9 Å². The molecule has 4 rings (SSSR count). The molecule has 2 aromatic heterocycles. The topological polar surface area (TPSA) is 59.3 Å². The average molecular weight is 372 g/mol. The Balaban J connectivity index is 1.47. The van der Waals surface area contributed by atoms with Crippen LogP contribution in [0.1, 0.15) is 21.5 Å². The number of nitrogens with one attached hydrogen (secondary N) is 1. The number of nitrogens with zero attached hydrogens (tertiary/aromatic N) is 3. The van der Waals surface area contributed by atoms with E-state index in [1.807, 2.05) is 36.5 Å². The highest BCUT2D eigenvalue weighted by molar-refractivity contribution is 5.95. The second-order valence-corrected chi connectivity index (χ2v) is 6.33. The van der Waals surface area contributed by atoms with Crippen LogP contribution in [0.4, 0.5) is 4.39 Å². The molecule has 0 saturated carbocycles. The number of halogens is 1. The molecule has 0 aliphatic heterocycles. The lowest BCUT2D eigenvalue weighted by molar-refractivity contribution is 0.0955. The molecular formula is C22H17FN4O. The van der Waals surface area contributed by atoms with Crippen LogP contribution in [0, 0.1) is 5.82 Å². The van der Waals surface area contributed by atoms with Gasteiger partial charge >= 0.3 is 0 Å². The van der Waals surface area contributed by atoms with Gasteiger partial charge in [-0.25, -0.2) is 9.82 Å². The Morgan fingerprint density at radius 3 is 2.79 bits per heavy atom. The maximum atomic E-state index is 13.4. The molecule has 1 N–H and O–H groups in total. The summed E-state index contributed by atoms with van der Waals surface area (Å²) < 4.78 is 15.5. The molecule has 6 heteroatoms. The number of hydrogen-bond donors (Lipinski definition) is 1. The predicted octanol–water partition coefficient (Wildman–Crippen LogP) is 3.99. The molecular weight excluding hydrogens is 355 g/mol. The monoisotopic (exact) mass is 372 g/mol. The standard InChI is InChI=1S/C22H17FN4O/c23-20-3-1-2-17(13-20)15-27-11-8-19-12-16(4-5-21(19)27)14-25-26-22(28)18-6-9-24-10-7-18/h1-14H,15H2,(H,26,28)/b25-14+. The quantitative estimate of drug-likeness (QED) is 0.425. The van der Waals surface area contributed by atoms with Crippen molar-refractivity contribution >= 4 is 23.0 Å². The molecule has 28 heavy (non-hydrogen) atoms. The second-order valence-electron chi connectivity index (χ2n) is 6.33. The van der Waals surface area contributed by atoms with Crippen LogP contribution in [0.2, 0.25) is 0 Å². The minimum atomic E-state index is -0.291. The van der Waals surface area contributed by atoms with Crippen LogP contribution < -0.4 is 5.43 Å². The smallest absolute Gasteiger partial charge is 0.271 e. The number of carbonyl (C=O) groups excluding carboxylic acids is 1. The van der Waals surface area contributed by atoms with E-state index in [1.165, 1.54) is 6.07 Å². The zero-order valence-electron chi connectivity index (χ0n) is 14.9. The average Bonchev–Trinajstić information content (AvgIpc) is 3.10. The molecule has 0 bridgehead atoms. The highest BCUT2D eigenvalue weighted by Gasteiger charge is 2.04. The van der Waals surface area contributed by atoms with E-state index in [-0.39, 0.29) is 11.7 Å². The van der Waals surface area contributed by atoms with Crippen molar-refractivity contribution in [2.24, 2.45) is 5.10 Å². The van der Waals surface area contributed by atoms with Crippen LogP contribution in [0.25, 0.3) is 10.9 Å². The molecule has 0 spiro atoms. The number of pyridine rings is 1. The maximum absolute atomic E-state index is 13.4. The van der Waals surface area contributed by atoms with Gasteiger partial charge in [-0.05, 0) is 53.6 Å². The second kappa shape index (κ2) is 7.84. The van der Waals surface area contributed by atoms with E-state index in [0.717, 1.165) is 22.0 Å². The summed E-state index contributed by atoms with van der Waals surface area (Å²) >= 11 is 0. The third-order valence-corrected chi connectivity index (χ3v) is 4.36. The van der Waals surface area contributed by atoms with Crippen molar-refractivity contribution in [3.05, 3.63) is 102 Å². The van der Waals surface area contributed by atoms with E-state index in [4.69, 9.17) is 0 Å². The minimum absolute atomic E-state index is 0.235. The Morgan fingerprint density at radius 2 is 1.96 bits per heavy atom. The molecule has 0 aliphatic rings. The van der Waals surface area contributed by atoms with Gasteiger partial charge < -0.3 is 4.57 Å². The Kier molecular flexibility index (Phi) is 4.93. The first kappa shape index (κ1) is 17.6. The van der Waals surface area contributed by atoms with Crippen LogP contribution in [-0.2, 0) is 6.54 Å². The lowest BCUT2D eigenvalue weighted by Crippen LogP contribution is -2.17. The van der Waals surface area contributed by atoms with Crippen molar-refractivity contribution in [1.82, 2.24) is 15.0 Å². The number of hydrazone groups is 1. The number of fused-ring (bicyclic) bond motifs is 1. The van der Waals surface area contributed by atoms with Crippen molar-refractivity contribution in [2.75, 3.05) is 0 Å². The van der Waals surface area contributed by atoms with Gasteiger partial charge in [0.25, 0.3) is 5.91 Å². The Labute approximate surface area is 161 Å². The summed E-state index contributed by atoms with van der Waals surface area (Å²) in [5.41, 5.74) is 5.81. The molecule has 0 atom stereocenters. The zero-order valence-corrected chi connectivity index (χ0v) is 14.9. The Hall–Kier alpha value is -3.80. The molecule has 0 unspecified atom stereocenters. The third-order valence-electron chi connectivity index (χ3n) is 4.36. The van der Waals surface area contributed by atoms with E-state index in [2.05, 4.69) is 20.1 Å². The first-order chi connectivity index (χ1) is 13.7. The van der Waals surface area contributed by atoms with E-state index in [9.17, 15) is 9.18 Å².